The molecule has 2 aliphatic rings. The fourth-order valence-electron chi connectivity index (χ4n) is 3.28. The monoisotopic (exact) mass is 268 g/mol. The van der Waals surface area contributed by atoms with Gasteiger partial charge in [-0.25, -0.2) is 0 Å². The van der Waals surface area contributed by atoms with Crippen molar-refractivity contribution >= 4 is 5.91 Å². The van der Waals surface area contributed by atoms with Gasteiger partial charge in [0.1, 0.15) is 6.10 Å². The summed E-state index contributed by atoms with van der Waals surface area (Å²) < 4.78 is 6.13. The molecule has 0 aromatic rings. The summed E-state index contributed by atoms with van der Waals surface area (Å²) in [4.78, 5) is 14.2. The summed E-state index contributed by atoms with van der Waals surface area (Å²) in [5.74, 6) is 0.900. The van der Waals surface area contributed by atoms with E-state index < -0.39 is 0 Å². The molecule has 1 saturated heterocycles. The first-order valence-electron chi connectivity index (χ1n) is 7.73. The van der Waals surface area contributed by atoms with Crippen LogP contribution < -0.4 is 5.73 Å². The van der Waals surface area contributed by atoms with Crippen LogP contribution >= 0.6 is 0 Å². The van der Waals surface area contributed by atoms with Gasteiger partial charge in [0.15, 0.2) is 0 Å². The standard InChI is InChI=1S/C15H28N2O2/c1-12-5-7-15(11-16,8-6-12)19-13(2)14(18)17-9-3-4-10-17/h12-13H,3-11,16H2,1-2H3. The molecule has 1 aliphatic heterocycles. The lowest BCUT2D eigenvalue weighted by atomic mass is 9.79. The van der Waals surface area contributed by atoms with E-state index in [1.807, 2.05) is 11.8 Å². The Balaban J connectivity index is 1.91. The summed E-state index contributed by atoms with van der Waals surface area (Å²) in [5, 5.41) is 0. The van der Waals surface area contributed by atoms with Crippen LogP contribution in [0.1, 0.15) is 52.4 Å². The van der Waals surface area contributed by atoms with Gasteiger partial charge in [-0.3, -0.25) is 4.79 Å². The number of carbonyl (C=O) groups excluding carboxylic acids is 1. The van der Waals surface area contributed by atoms with E-state index in [1.54, 1.807) is 0 Å². The molecule has 2 N–H and O–H groups in total. The number of likely N-dealkylation sites (tertiary alicyclic amines) is 1. The molecule has 0 aromatic heterocycles. The van der Waals surface area contributed by atoms with Crippen LogP contribution in [0.3, 0.4) is 0 Å². The molecule has 1 atom stereocenters. The van der Waals surface area contributed by atoms with Crippen LogP contribution in [-0.2, 0) is 9.53 Å². The van der Waals surface area contributed by atoms with Crippen molar-refractivity contribution in [3.05, 3.63) is 0 Å². The average molecular weight is 268 g/mol. The Morgan fingerprint density at radius 2 is 1.95 bits per heavy atom. The Labute approximate surface area is 116 Å². The van der Waals surface area contributed by atoms with Gasteiger partial charge >= 0.3 is 0 Å². The molecule has 0 aromatic carbocycles. The van der Waals surface area contributed by atoms with Crippen LogP contribution in [0.2, 0.25) is 0 Å². The number of nitrogens with two attached hydrogens (primary N) is 1. The molecule has 0 radical (unpaired) electrons. The van der Waals surface area contributed by atoms with Gasteiger partial charge in [-0.05, 0) is 51.4 Å². The minimum Gasteiger partial charge on any atom is -0.361 e. The molecular weight excluding hydrogens is 240 g/mol. The second kappa shape index (κ2) is 6.23. The van der Waals surface area contributed by atoms with E-state index in [-0.39, 0.29) is 17.6 Å². The average Bonchev–Trinajstić information content (AvgIpc) is 2.95. The highest BCUT2D eigenvalue weighted by Crippen LogP contribution is 2.35. The smallest absolute Gasteiger partial charge is 0.251 e. The molecule has 0 spiro atoms. The predicted molar refractivity (Wildman–Crippen MR) is 75.8 cm³/mol. The lowest BCUT2D eigenvalue weighted by Gasteiger charge is -2.40. The van der Waals surface area contributed by atoms with Crippen LogP contribution in [-0.4, -0.2) is 42.1 Å². The van der Waals surface area contributed by atoms with E-state index in [4.69, 9.17) is 10.5 Å². The molecule has 110 valence electrons. The van der Waals surface area contributed by atoms with Crippen molar-refractivity contribution in [2.24, 2.45) is 11.7 Å². The molecular formula is C15H28N2O2. The van der Waals surface area contributed by atoms with Gasteiger partial charge < -0.3 is 15.4 Å². The third-order valence-electron chi connectivity index (χ3n) is 4.75. The van der Waals surface area contributed by atoms with Gasteiger partial charge in [-0.15, -0.1) is 0 Å². The van der Waals surface area contributed by atoms with E-state index in [9.17, 15) is 4.79 Å². The number of amides is 1. The zero-order chi connectivity index (χ0) is 13.9. The highest BCUT2D eigenvalue weighted by Gasteiger charge is 2.37. The first-order chi connectivity index (χ1) is 9.06. The first kappa shape index (κ1) is 14.8. The molecule has 1 unspecified atom stereocenters. The highest BCUT2D eigenvalue weighted by atomic mass is 16.5. The molecule has 1 heterocycles. The third kappa shape index (κ3) is 3.48. The van der Waals surface area contributed by atoms with Crippen LogP contribution in [0.15, 0.2) is 0 Å². The quantitative estimate of drug-likeness (QED) is 0.847. The summed E-state index contributed by atoms with van der Waals surface area (Å²) in [6.45, 7) is 6.46. The normalized spacial score (nSPS) is 33.4. The molecule has 4 nitrogen and oxygen atoms in total. The SMILES string of the molecule is CC1CCC(CN)(OC(C)C(=O)N2CCCC2)CC1. The predicted octanol–water partition coefficient (Wildman–Crippen LogP) is 1.92. The third-order valence-corrected chi connectivity index (χ3v) is 4.75. The summed E-state index contributed by atoms with van der Waals surface area (Å²) in [6.07, 6.45) is 6.18. The van der Waals surface area contributed by atoms with Crippen molar-refractivity contribution in [2.45, 2.75) is 64.1 Å². The second-order valence-electron chi connectivity index (χ2n) is 6.36. The van der Waals surface area contributed by atoms with Gasteiger partial charge in [-0.1, -0.05) is 6.92 Å². The first-order valence-corrected chi connectivity index (χ1v) is 7.73. The van der Waals surface area contributed by atoms with Gasteiger partial charge in [0, 0.05) is 19.6 Å². The summed E-state index contributed by atoms with van der Waals surface area (Å²) >= 11 is 0. The van der Waals surface area contributed by atoms with Gasteiger partial charge in [-0.2, -0.15) is 0 Å². The lowest BCUT2D eigenvalue weighted by Crippen LogP contribution is -2.49. The van der Waals surface area contributed by atoms with Gasteiger partial charge in [0.2, 0.25) is 0 Å². The molecule has 19 heavy (non-hydrogen) atoms. The van der Waals surface area contributed by atoms with Crippen molar-refractivity contribution in [2.75, 3.05) is 19.6 Å². The van der Waals surface area contributed by atoms with Crippen molar-refractivity contribution in [3.8, 4) is 0 Å². The number of carbonyl (C=O) groups is 1. The van der Waals surface area contributed by atoms with Gasteiger partial charge in [0.05, 0.1) is 5.60 Å². The minimum atomic E-state index is -0.352. The second-order valence-corrected chi connectivity index (χ2v) is 6.36. The molecule has 1 amide bonds. The fraction of sp³-hybridized carbons (Fsp3) is 0.933. The fourth-order valence-corrected chi connectivity index (χ4v) is 3.28. The summed E-state index contributed by atoms with van der Waals surface area (Å²) in [7, 11) is 0. The van der Waals surface area contributed by atoms with Gasteiger partial charge in [0.25, 0.3) is 5.91 Å². The van der Waals surface area contributed by atoms with Crippen LogP contribution in [0, 0.1) is 5.92 Å². The molecule has 2 fully saturated rings. The van der Waals surface area contributed by atoms with Crippen molar-refractivity contribution in [1.29, 1.82) is 0 Å². The molecule has 1 saturated carbocycles. The van der Waals surface area contributed by atoms with Crippen molar-refractivity contribution in [1.82, 2.24) is 4.90 Å². The lowest BCUT2D eigenvalue weighted by molar-refractivity contribution is -0.159. The van der Waals surface area contributed by atoms with Crippen LogP contribution in [0.4, 0.5) is 0 Å². The Bertz CT molecular complexity index is 305. The number of hydrogen-bond acceptors (Lipinski definition) is 3. The molecule has 2 rings (SSSR count). The van der Waals surface area contributed by atoms with Crippen LogP contribution in [0.25, 0.3) is 0 Å². The Kier molecular flexibility index (Phi) is 4.85. The topological polar surface area (TPSA) is 55.6 Å². The van der Waals surface area contributed by atoms with Crippen molar-refractivity contribution in [3.63, 3.8) is 0 Å². The number of ether oxygens (including phenoxy) is 1. The van der Waals surface area contributed by atoms with E-state index >= 15 is 0 Å². The minimum absolute atomic E-state index is 0.143. The summed E-state index contributed by atoms with van der Waals surface area (Å²) in [5.41, 5.74) is 5.67. The Morgan fingerprint density at radius 3 is 2.47 bits per heavy atom. The maximum absolute atomic E-state index is 12.3. The van der Waals surface area contributed by atoms with Crippen LogP contribution in [0.5, 0.6) is 0 Å². The maximum Gasteiger partial charge on any atom is 0.251 e. The maximum atomic E-state index is 12.3. The zero-order valence-electron chi connectivity index (χ0n) is 12.4. The molecule has 1 aliphatic carbocycles. The highest BCUT2D eigenvalue weighted by molar-refractivity contribution is 5.80. The Morgan fingerprint density at radius 1 is 1.37 bits per heavy atom. The van der Waals surface area contributed by atoms with E-state index in [2.05, 4.69) is 6.92 Å². The molecule has 4 heteroatoms. The van der Waals surface area contributed by atoms with E-state index in [1.165, 1.54) is 0 Å². The number of rotatable bonds is 4. The largest absolute Gasteiger partial charge is 0.361 e. The number of hydrogen-bond donors (Lipinski definition) is 1. The van der Waals surface area contributed by atoms with Crippen molar-refractivity contribution < 1.29 is 9.53 Å². The molecule has 0 bridgehead atoms. The zero-order valence-corrected chi connectivity index (χ0v) is 12.4. The van der Waals surface area contributed by atoms with E-state index in [0.717, 1.165) is 57.5 Å². The summed E-state index contributed by atoms with van der Waals surface area (Å²) in [6, 6.07) is 0. The van der Waals surface area contributed by atoms with E-state index in [0.29, 0.717) is 6.54 Å². The Hall–Kier alpha value is -0.610. The number of nitrogens with zero attached hydrogens (tertiary/aromatic N) is 1.